The molecule has 9 aromatic heterocycles. The van der Waals surface area contributed by atoms with E-state index in [0.717, 1.165) is 187 Å². The van der Waals surface area contributed by atoms with E-state index in [0.29, 0.717) is 58.3 Å². The first kappa shape index (κ1) is 89.6. The lowest BCUT2D eigenvalue weighted by Gasteiger charge is -2.29. The highest BCUT2D eigenvalue weighted by atomic mass is 19.1. The summed E-state index contributed by atoms with van der Waals surface area (Å²) in [4.78, 5) is 83.1. The van der Waals surface area contributed by atoms with Crippen molar-refractivity contribution in [3.8, 4) is 50.4 Å². The second-order valence-corrected chi connectivity index (χ2v) is 33.5. The van der Waals surface area contributed by atoms with Gasteiger partial charge in [-0.1, -0.05) is 63.1 Å². The third-order valence-electron chi connectivity index (χ3n) is 24.1. The van der Waals surface area contributed by atoms with Gasteiger partial charge in [0.05, 0.1) is 47.2 Å². The van der Waals surface area contributed by atoms with Gasteiger partial charge in [0.25, 0.3) is 23.6 Å². The Morgan fingerprint density at radius 3 is 1.05 bits per heavy atom. The van der Waals surface area contributed by atoms with Gasteiger partial charge in [-0.05, 0) is 263 Å². The molecule has 0 bridgehead atoms. The van der Waals surface area contributed by atoms with Gasteiger partial charge in [-0.2, -0.15) is 20.4 Å². The molecular formula is C100H107F2N21O7. The van der Waals surface area contributed by atoms with Crippen LogP contribution < -0.4 is 26.0 Å². The number of carbonyl (C=O) groups is 4. The van der Waals surface area contributed by atoms with Crippen molar-refractivity contribution in [2.24, 2.45) is 0 Å². The lowest BCUT2D eigenvalue weighted by atomic mass is 10.0. The average molecular weight is 1750 g/mol. The van der Waals surface area contributed by atoms with E-state index >= 15 is 0 Å². The maximum absolute atomic E-state index is 13.5. The van der Waals surface area contributed by atoms with Crippen LogP contribution in [-0.2, 0) is 30.9 Å². The number of aromatic amines is 4. The van der Waals surface area contributed by atoms with Gasteiger partial charge in [0, 0.05) is 169 Å². The number of aliphatic hydroxyl groups is 1. The zero-order valence-electron chi connectivity index (χ0n) is 71.9. The minimum atomic E-state index is -0.421. The quantitative estimate of drug-likeness (QED) is 0.0323. The number of aliphatic hydroxyl groups excluding tert-OH is 1. The summed E-state index contributed by atoms with van der Waals surface area (Å²) >= 11 is 0. The van der Waals surface area contributed by atoms with Gasteiger partial charge in [-0.15, -0.1) is 0 Å². The maximum atomic E-state index is 13.5. The van der Waals surface area contributed by atoms with Gasteiger partial charge in [0.1, 0.15) is 11.6 Å². The summed E-state index contributed by atoms with van der Waals surface area (Å²) in [5.74, 6) is -1.59. The van der Waals surface area contributed by atoms with Crippen molar-refractivity contribution in [2.75, 3.05) is 88.6 Å². The number of piperidine rings is 4. The Morgan fingerprint density at radius 1 is 0.385 bits per heavy atom. The molecule has 14 heterocycles. The number of pyridine rings is 5. The highest BCUT2D eigenvalue weighted by molar-refractivity contribution is 6.14. The molecule has 5 fully saturated rings. The number of aromatic nitrogens is 13. The van der Waals surface area contributed by atoms with Crippen LogP contribution in [0.2, 0.25) is 0 Å². The number of H-pyrrole nitrogens is 4. The first-order chi connectivity index (χ1) is 63.2. The molecule has 0 unspecified atom stereocenters. The Morgan fingerprint density at radius 2 is 0.723 bits per heavy atom. The highest BCUT2D eigenvalue weighted by Gasteiger charge is 2.26. The van der Waals surface area contributed by atoms with Crippen LogP contribution in [0.4, 0.5) is 25.8 Å². The Bertz CT molecular complexity index is 6410. The van der Waals surface area contributed by atoms with Gasteiger partial charge in [-0.3, -0.25) is 79.1 Å². The Balaban J connectivity index is 0.000000127. The Labute approximate surface area is 751 Å². The highest BCUT2D eigenvalue weighted by Crippen LogP contribution is 2.34. The molecule has 28 nitrogen and oxygen atoms in total. The number of anilines is 3. The first-order valence-corrected chi connectivity index (χ1v) is 44.3. The van der Waals surface area contributed by atoms with E-state index in [4.69, 9.17) is 9.47 Å². The van der Waals surface area contributed by atoms with E-state index in [-0.39, 0.29) is 42.8 Å². The summed E-state index contributed by atoms with van der Waals surface area (Å²) in [5, 5.41) is 52.7. The monoisotopic (exact) mass is 1750 g/mol. The van der Waals surface area contributed by atoms with Crippen LogP contribution in [0.1, 0.15) is 155 Å². The van der Waals surface area contributed by atoms with Crippen LogP contribution in [0, 0.1) is 11.6 Å². The average Bonchev–Trinajstić information content (AvgIpc) is 1.66. The molecule has 5 saturated heterocycles. The van der Waals surface area contributed by atoms with E-state index in [1.54, 1.807) is 49.8 Å². The molecule has 668 valence electrons. The zero-order valence-corrected chi connectivity index (χ0v) is 71.9. The standard InChI is InChI=1S/C25H24FN5O2.C25H24FN5O.C25H26N6O2.C24H29N5O2.CH4/c26-19-2-1-3-20(12-19)28-25(33)24-22-11-17(4-5-23(22)29-30-24)18-10-16(13-27-14-18)15-31-8-6-21(32)7-9-31;26-20-5-4-6-21(13-20)28-25(32)24-22-12-18(7-8-23(22)29-30-24)19-11-17(14-27-15-19)16-31-9-2-1-3-10-31;1-33-23-8-6-20(15-27-23)28-25(32)24-21-12-18(5-7-22(21)29-30-24)19-11-17(13-26-14-19)16-31-9-3-2-4-10-31;30-24(26-20-6-10-31-11-7-20)23-21-13-18(4-5-22(21)27-28-23)19-12-17(14-25-15-19)16-29-8-2-1-3-9-29;/h1-5,10-14,21,32H,6-9,15H2,(H,28,33)(H,29,30);4-8,11-15H,1-3,9-10,16H2,(H,28,32)(H,29,30);5-8,11-15H,2-4,9-10,16H2,1H3,(H,28,32)(H,29,30);4-5,12-15,20H,1-3,6-11,16H2,(H,26,30)(H,27,28);1H4. The predicted molar refractivity (Wildman–Crippen MR) is 501 cm³/mol. The molecule has 130 heavy (non-hydrogen) atoms. The van der Waals surface area contributed by atoms with Gasteiger partial charge >= 0.3 is 0 Å². The van der Waals surface area contributed by atoms with Crippen molar-refractivity contribution in [1.29, 1.82) is 0 Å². The lowest BCUT2D eigenvalue weighted by molar-refractivity contribution is 0.0694. The van der Waals surface area contributed by atoms with E-state index in [1.165, 1.54) is 105 Å². The smallest absolute Gasteiger partial charge is 0.276 e. The molecule has 9 N–H and O–H groups in total. The topological polar surface area (TPSA) is 347 Å². The molecular weight excluding hydrogens is 1650 g/mol. The van der Waals surface area contributed by atoms with Crippen LogP contribution >= 0.6 is 0 Å². The summed E-state index contributed by atoms with van der Waals surface area (Å²) < 4.78 is 37.4. The van der Waals surface area contributed by atoms with Crippen molar-refractivity contribution in [3.63, 3.8) is 0 Å². The van der Waals surface area contributed by atoms with Gasteiger partial charge in [0.2, 0.25) is 5.88 Å². The Hall–Kier alpha value is -13.8. The molecule has 20 rings (SSSR count). The molecule has 0 aliphatic carbocycles. The van der Waals surface area contributed by atoms with Crippen molar-refractivity contribution >= 4 is 84.3 Å². The Kier molecular flexibility index (Phi) is 29.6. The summed E-state index contributed by atoms with van der Waals surface area (Å²) in [7, 11) is 1.55. The van der Waals surface area contributed by atoms with Crippen LogP contribution in [0.5, 0.6) is 5.88 Å². The molecule has 30 heteroatoms. The number of nitrogens with one attached hydrogen (secondary N) is 8. The predicted octanol–water partition coefficient (Wildman–Crippen LogP) is 17.4. The van der Waals surface area contributed by atoms with Crippen molar-refractivity contribution in [3.05, 3.63) is 270 Å². The molecule has 0 saturated carbocycles. The second kappa shape index (κ2) is 42.9. The van der Waals surface area contributed by atoms with Crippen LogP contribution in [0.25, 0.3) is 88.1 Å². The summed E-state index contributed by atoms with van der Waals surface area (Å²) in [5.41, 5.74) is 18.4. The van der Waals surface area contributed by atoms with Gasteiger partial charge in [-0.25, -0.2) is 13.8 Å². The number of benzene rings is 6. The van der Waals surface area contributed by atoms with Crippen LogP contribution in [0.15, 0.2) is 213 Å². The minimum Gasteiger partial charge on any atom is -0.481 e. The van der Waals surface area contributed by atoms with E-state index in [2.05, 4.69) is 137 Å². The van der Waals surface area contributed by atoms with Crippen molar-refractivity contribution in [2.45, 2.75) is 129 Å². The van der Waals surface area contributed by atoms with Crippen LogP contribution in [0.3, 0.4) is 0 Å². The number of rotatable bonds is 21. The number of ether oxygens (including phenoxy) is 2. The minimum absolute atomic E-state index is 0. The number of hydrogen-bond acceptors (Lipinski definition) is 20. The van der Waals surface area contributed by atoms with E-state index < -0.39 is 23.4 Å². The zero-order chi connectivity index (χ0) is 88.4. The molecule has 0 radical (unpaired) electrons. The van der Waals surface area contributed by atoms with Gasteiger partial charge < -0.3 is 35.8 Å². The first-order valence-electron chi connectivity index (χ1n) is 44.3. The van der Waals surface area contributed by atoms with Crippen molar-refractivity contribution in [1.82, 2.24) is 90.6 Å². The number of halogens is 2. The number of methoxy groups -OCH3 is 1. The molecule has 0 atom stereocenters. The molecule has 4 amide bonds. The molecule has 6 aromatic carbocycles. The summed E-state index contributed by atoms with van der Waals surface area (Å²) in [6, 6.07) is 47.5. The maximum Gasteiger partial charge on any atom is 0.276 e. The molecule has 15 aromatic rings. The van der Waals surface area contributed by atoms with Gasteiger partial charge in [0.15, 0.2) is 22.8 Å². The SMILES string of the molecule is C.COc1ccc(NC(=O)c2n[nH]c3ccc(-c4cncc(CN5CCCCC5)c4)cc23)cn1.O=C(NC1CCOCC1)c1n[nH]c2ccc(-c3cncc(CN4CCCCC4)c3)cc12.O=C(Nc1cccc(F)c1)c1n[nH]c2ccc(-c3cncc(CN4CCC(O)CC4)c3)cc12.O=C(Nc1cccc(F)c1)c1n[nH]c2ccc(-c3cncc(CN4CCCCC4)c3)cc12. The fourth-order valence-corrected chi connectivity index (χ4v) is 17.2. The molecule has 5 aliphatic rings. The molecule has 0 spiro atoms. The number of nitrogens with zero attached hydrogens (tertiary/aromatic N) is 13. The number of amides is 4. The second-order valence-electron chi connectivity index (χ2n) is 33.5. The van der Waals surface area contributed by atoms with Crippen molar-refractivity contribution < 1.29 is 42.5 Å². The number of likely N-dealkylation sites (tertiary alicyclic amines) is 4. The fourth-order valence-electron chi connectivity index (χ4n) is 17.2. The molecule has 5 aliphatic heterocycles. The number of carbonyl (C=O) groups excluding carboxylic acids is 4. The van der Waals surface area contributed by atoms with E-state index in [1.807, 2.05) is 110 Å². The summed E-state index contributed by atoms with van der Waals surface area (Å²) in [6.45, 7) is 13.5. The third kappa shape index (κ3) is 23.0. The summed E-state index contributed by atoms with van der Waals surface area (Å²) in [6.07, 6.45) is 31.3. The van der Waals surface area contributed by atoms with Crippen LogP contribution in [-0.4, -0.2) is 199 Å². The lowest BCUT2D eigenvalue weighted by Crippen LogP contribution is -2.39. The number of fused-ring (bicyclic) bond motifs is 4. The largest absolute Gasteiger partial charge is 0.481 e. The third-order valence-corrected chi connectivity index (χ3v) is 24.1. The van der Waals surface area contributed by atoms with E-state index in [9.17, 15) is 33.1 Å². The number of hydrogen-bond donors (Lipinski definition) is 9. The normalized spacial score (nSPS) is 15.4. The fraction of sp³-hybridized carbons (Fsp3) is 0.310.